The normalized spacial score (nSPS) is 15.2. The van der Waals surface area contributed by atoms with Crippen LogP contribution in [0.5, 0.6) is 0 Å². The van der Waals surface area contributed by atoms with Gasteiger partial charge >= 0.3 is 0 Å². The number of anilines is 1. The molecule has 1 aromatic carbocycles. The average Bonchev–Trinajstić information content (AvgIpc) is 2.36. The second-order valence-electron chi connectivity index (χ2n) is 5.49. The zero-order valence-electron chi connectivity index (χ0n) is 11.2. The number of ether oxygens (including phenoxy) is 1. The molecule has 0 saturated carbocycles. The van der Waals surface area contributed by atoms with Crippen molar-refractivity contribution in [2.24, 2.45) is 0 Å². The molecule has 0 bridgehead atoms. The molecule has 0 amide bonds. The summed E-state index contributed by atoms with van der Waals surface area (Å²) in [4.78, 5) is 0. The lowest BCUT2D eigenvalue weighted by molar-refractivity contribution is 0.0158. The molecular formula is C15H23NO. The fourth-order valence-corrected chi connectivity index (χ4v) is 2.23. The first-order chi connectivity index (χ1) is 8.11. The molecule has 2 rings (SSSR count). The van der Waals surface area contributed by atoms with Gasteiger partial charge in [-0.1, -0.05) is 12.1 Å². The number of benzene rings is 1. The van der Waals surface area contributed by atoms with Crippen LogP contribution in [-0.4, -0.2) is 19.3 Å². The van der Waals surface area contributed by atoms with Gasteiger partial charge in [-0.2, -0.15) is 0 Å². The number of nitrogens with one attached hydrogen (secondary N) is 1. The maximum atomic E-state index is 5.46. The Morgan fingerprint density at radius 3 is 2.94 bits per heavy atom. The molecule has 94 valence electrons. The highest BCUT2D eigenvalue weighted by molar-refractivity contribution is 5.54. The van der Waals surface area contributed by atoms with Gasteiger partial charge in [-0.05, 0) is 56.7 Å². The molecular weight excluding hydrogens is 210 g/mol. The molecule has 17 heavy (non-hydrogen) atoms. The minimum absolute atomic E-state index is 0.0197. The van der Waals surface area contributed by atoms with Crippen LogP contribution in [0.15, 0.2) is 18.2 Å². The molecule has 2 heteroatoms. The lowest BCUT2D eigenvalue weighted by Gasteiger charge is -2.23. The van der Waals surface area contributed by atoms with Gasteiger partial charge in [-0.3, -0.25) is 0 Å². The maximum absolute atomic E-state index is 5.46. The van der Waals surface area contributed by atoms with Crippen LogP contribution in [0.1, 0.15) is 37.8 Å². The predicted octanol–water partition coefficient (Wildman–Crippen LogP) is 3.40. The lowest BCUT2D eigenvalue weighted by Crippen LogP contribution is -2.23. The van der Waals surface area contributed by atoms with Gasteiger partial charge in [-0.25, -0.2) is 0 Å². The Balaban J connectivity index is 2.02. The SMILES string of the molecule is COC(C)(C)CCc1ccc2c(c1)CCCN2. The van der Waals surface area contributed by atoms with Crippen molar-refractivity contribution < 1.29 is 4.74 Å². The molecule has 0 radical (unpaired) electrons. The lowest BCUT2D eigenvalue weighted by atomic mass is 9.95. The second-order valence-corrected chi connectivity index (χ2v) is 5.49. The van der Waals surface area contributed by atoms with E-state index < -0.39 is 0 Å². The molecule has 0 aliphatic carbocycles. The zero-order chi connectivity index (χ0) is 12.3. The smallest absolute Gasteiger partial charge is 0.0625 e. The van der Waals surface area contributed by atoms with Crippen LogP contribution in [0.25, 0.3) is 0 Å². The molecule has 1 aliphatic heterocycles. The van der Waals surface area contributed by atoms with Crippen LogP contribution >= 0.6 is 0 Å². The summed E-state index contributed by atoms with van der Waals surface area (Å²) < 4.78 is 5.46. The third-order valence-corrected chi connectivity index (χ3v) is 3.68. The molecule has 0 unspecified atom stereocenters. The highest BCUT2D eigenvalue weighted by atomic mass is 16.5. The third-order valence-electron chi connectivity index (χ3n) is 3.68. The Bertz CT molecular complexity index is 385. The summed E-state index contributed by atoms with van der Waals surface area (Å²) in [5.41, 5.74) is 4.21. The number of rotatable bonds is 4. The Morgan fingerprint density at radius 2 is 2.18 bits per heavy atom. The summed E-state index contributed by atoms with van der Waals surface area (Å²) >= 11 is 0. The first kappa shape index (κ1) is 12.4. The molecule has 1 aromatic rings. The molecule has 0 atom stereocenters. The van der Waals surface area contributed by atoms with Crippen LogP contribution in [0.2, 0.25) is 0 Å². The second kappa shape index (κ2) is 5.09. The van der Waals surface area contributed by atoms with Gasteiger partial charge in [0.15, 0.2) is 0 Å². The van der Waals surface area contributed by atoms with Gasteiger partial charge in [0.1, 0.15) is 0 Å². The predicted molar refractivity (Wildman–Crippen MR) is 72.7 cm³/mol. The largest absolute Gasteiger partial charge is 0.385 e. The van der Waals surface area contributed by atoms with Crippen molar-refractivity contribution in [3.05, 3.63) is 29.3 Å². The summed E-state index contributed by atoms with van der Waals surface area (Å²) in [6, 6.07) is 6.82. The number of aryl methyl sites for hydroxylation is 2. The van der Waals surface area contributed by atoms with Crippen LogP contribution in [0.4, 0.5) is 5.69 Å². The first-order valence-corrected chi connectivity index (χ1v) is 6.51. The van der Waals surface area contributed by atoms with E-state index in [2.05, 4.69) is 37.4 Å². The summed E-state index contributed by atoms with van der Waals surface area (Å²) in [6.07, 6.45) is 4.62. The van der Waals surface area contributed by atoms with Crippen molar-refractivity contribution in [3.63, 3.8) is 0 Å². The van der Waals surface area contributed by atoms with Gasteiger partial charge in [0.2, 0.25) is 0 Å². The van der Waals surface area contributed by atoms with E-state index in [0.717, 1.165) is 19.4 Å². The quantitative estimate of drug-likeness (QED) is 0.860. The van der Waals surface area contributed by atoms with Crippen LogP contribution in [0.3, 0.4) is 0 Å². The van der Waals surface area contributed by atoms with Crippen LogP contribution in [-0.2, 0) is 17.6 Å². The monoisotopic (exact) mass is 233 g/mol. The molecule has 0 aromatic heterocycles. The molecule has 0 saturated heterocycles. The third kappa shape index (κ3) is 3.22. The van der Waals surface area contributed by atoms with Crippen molar-refractivity contribution in [2.75, 3.05) is 19.0 Å². The van der Waals surface area contributed by atoms with Crippen LogP contribution in [0, 0.1) is 0 Å². The summed E-state index contributed by atoms with van der Waals surface area (Å²) in [7, 11) is 1.79. The van der Waals surface area contributed by atoms with Gasteiger partial charge in [0.25, 0.3) is 0 Å². The minimum atomic E-state index is -0.0197. The maximum Gasteiger partial charge on any atom is 0.0625 e. The van der Waals surface area contributed by atoms with Crippen molar-refractivity contribution >= 4 is 5.69 Å². The highest BCUT2D eigenvalue weighted by Crippen LogP contribution is 2.24. The van der Waals surface area contributed by atoms with E-state index in [1.165, 1.54) is 29.7 Å². The van der Waals surface area contributed by atoms with Gasteiger partial charge in [0.05, 0.1) is 5.60 Å². The molecule has 2 nitrogen and oxygen atoms in total. The Kier molecular flexibility index (Phi) is 3.72. The standard InChI is InChI=1S/C15H23NO/c1-15(2,17-3)9-8-12-6-7-14-13(11-12)5-4-10-16-14/h6-7,11,16H,4-5,8-10H2,1-3H3. The zero-order valence-corrected chi connectivity index (χ0v) is 11.2. The van der Waals surface area contributed by atoms with E-state index in [4.69, 9.17) is 4.74 Å². The fraction of sp³-hybridized carbons (Fsp3) is 0.600. The minimum Gasteiger partial charge on any atom is -0.385 e. The van der Waals surface area contributed by atoms with Gasteiger partial charge < -0.3 is 10.1 Å². The number of hydrogen-bond donors (Lipinski definition) is 1. The van der Waals surface area contributed by atoms with Crippen molar-refractivity contribution in [2.45, 2.75) is 45.1 Å². The number of methoxy groups -OCH3 is 1. The summed E-state index contributed by atoms with van der Waals surface area (Å²) in [5, 5.41) is 3.45. The molecule has 1 N–H and O–H groups in total. The van der Waals surface area contributed by atoms with E-state index in [0.29, 0.717) is 0 Å². The summed E-state index contributed by atoms with van der Waals surface area (Å²) in [5.74, 6) is 0. The van der Waals surface area contributed by atoms with E-state index in [1.54, 1.807) is 7.11 Å². The molecule has 0 fully saturated rings. The van der Waals surface area contributed by atoms with Crippen LogP contribution < -0.4 is 5.32 Å². The first-order valence-electron chi connectivity index (χ1n) is 6.51. The Hall–Kier alpha value is -1.02. The average molecular weight is 233 g/mol. The number of fused-ring (bicyclic) bond motifs is 1. The summed E-state index contributed by atoms with van der Waals surface area (Å²) in [6.45, 7) is 5.41. The highest BCUT2D eigenvalue weighted by Gasteiger charge is 2.16. The fourth-order valence-electron chi connectivity index (χ4n) is 2.23. The Morgan fingerprint density at radius 1 is 1.35 bits per heavy atom. The van der Waals surface area contributed by atoms with E-state index in [-0.39, 0.29) is 5.60 Å². The van der Waals surface area contributed by atoms with E-state index in [9.17, 15) is 0 Å². The van der Waals surface area contributed by atoms with E-state index >= 15 is 0 Å². The van der Waals surface area contributed by atoms with Crippen molar-refractivity contribution in [1.82, 2.24) is 0 Å². The van der Waals surface area contributed by atoms with Gasteiger partial charge in [-0.15, -0.1) is 0 Å². The molecule has 1 aliphatic rings. The van der Waals surface area contributed by atoms with Crippen molar-refractivity contribution in [1.29, 1.82) is 0 Å². The van der Waals surface area contributed by atoms with E-state index in [1.807, 2.05) is 0 Å². The Labute approximate surface area is 104 Å². The van der Waals surface area contributed by atoms with Crippen molar-refractivity contribution in [3.8, 4) is 0 Å². The number of hydrogen-bond acceptors (Lipinski definition) is 2. The molecule has 0 spiro atoms. The van der Waals surface area contributed by atoms with Gasteiger partial charge in [0, 0.05) is 19.3 Å². The molecule has 1 heterocycles. The topological polar surface area (TPSA) is 21.3 Å².